The number of nitrogens with one attached hydrogen (secondary N) is 2. The summed E-state index contributed by atoms with van der Waals surface area (Å²) in [7, 11) is 0. The molecule has 1 atom stereocenters. The van der Waals surface area contributed by atoms with Gasteiger partial charge in [-0.2, -0.15) is 0 Å². The van der Waals surface area contributed by atoms with Crippen LogP contribution in [0.15, 0.2) is 24.3 Å². The zero-order valence-electron chi connectivity index (χ0n) is 12.1. The third kappa shape index (κ3) is 2.63. The van der Waals surface area contributed by atoms with Crippen molar-refractivity contribution in [3.63, 3.8) is 0 Å². The fourth-order valence-corrected chi connectivity index (χ4v) is 3.31. The van der Waals surface area contributed by atoms with Crippen molar-refractivity contribution in [1.82, 2.24) is 10.3 Å². The van der Waals surface area contributed by atoms with Crippen LogP contribution in [-0.2, 0) is 0 Å². The number of hydrogen-bond donors (Lipinski definition) is 2. The summed E-state index contributed by atoms with van der Waals surface area (Å²) in [5, 5.41) is 6.00. The summed E-state index contributed by atoms with van der Waals surface area (Å²) in [4.78, 5) is 0. The Hall–Kier alpha value is -1.06. The van der Waals surface area contributed by atoms with Crippen molar-refractivity contribution in [1.29, 1.82) is 0 Å². The summed E-state index contributed by atoms with van der Waals surface area (Å²) in [5.74, 6) is 0. The van der Waals surface area contributed by atoms with Gasteiger partial charge in [0.15, 0.2) is 0 Å². The molecule has 2 heterocycles. The van der Waals surface area contributed by atoms with Gasteiger partial charge in [-0.05, 0) is 57.7 Å². The number of para-hydroxylation sites is 1. The fourth-order valence-electron chi connectivity index (χ4n) is 3.31. The van der Waals surface area contributed by atoms with Crippen molar-refractivity contribution in [2.75, 3.05) is 18.5 Å². The SMILES string of the molecule is CC1(C)CCCN1Nc1ccccc1C1CCCN1. The van der Waals surface area contributed by atoms with Crippen LogP contribution in [0.2, 0.25) is 0 Å². The Morgan fingerprint density at radius 2 is 2.11 bits per heavy atom. The lowest BCUT2D eigenvalue weighted by atomic mass is 10.0. The second kappa shape index (κ2) is 5.14. The highest BCUT2D eigenvalue weighted by Crippen LogP contribution is 2.33. The minimum absolute atomic E-state index is 0.260. The molecule has 0 spiro atoms. The summed E-state index contributed by atoms with van der Waals surface area (Å²) < 4.78 is 0. The Bertz CT molecular complexity index is 435. The number of hydrogen-bond acceptors (Lipinski definition) is 3. The Labute approximate surface area is 116 Å². The molecular formula is C16H25N3. The van der Waals surface area contributed by atoms with E-state index < -0.39 is 0 Å². The lowest BCUT2D eigenvalue weighted by molar-refractivity contribution is 0.215. The van der Waals surface area contributed by atoms with Gasteiger partial charge in [-0.15, -0.1) is 0 Å². The van der Waals surface area contributed by atoms with Crippen molar-refractivity contribution < 1.29 is 0 Å². The number of anilines is 1. The van der Waals surface area contributed by atoms with E-state index in [1.165, 1.54) is 36.9 Å². The third-order valence-electron chi connectivity index (χ3n) is 4.55. The van der Waals surface area contributed by atoms with Crippen molar-refractivity contribution in [3.05, 3.63) is 29.8 Å². The smallest absolute Gasteiger partial charge is 0.0538 e. The van der Waals surface area contributed by atoms with Gasteiger partial charge in [-0.1, -0.05) is 18.2 Å². The van der Waals surface area contributed by atoms with Crippen LogP contribution in [0.1, 0.15) is 51.1 Å². The molecule has 1 unspecified atom stereocenters. The first kappa shape index (κ1) is 12.9. The van der Waals surface area contributed by atoms with Crippen LogP contribution >= 0.6 is 0 Å². The highest BCUT2D eigenvalue weighted by Gasteiger charge is 2.32. The van der Waals surface area contributed by atoms with E-state index in [1.54, 1.807) is 0 Å². The molecule has 2 aliphatic heterocycles. The second-order valence-electron chi connectivity index (χ2n) is 6.42. The van der Waals surface area contributed by atoms with Crippen LogP contribution in [-0.4, -0.2) is 23.6 Å². The zero-order chi connectivity index (χ0) is 13.3. The van der Waals surface area contributed by atoms with E-state index in [4.69, 9.17) is 0 Å². The summed E-state index contributed by atoms with van der Waals surface area (Å²) in [6, 6.07) is 9.27. The van der Waals surface area contributed by atoms with E-state index in [-0.39, 0.29) is 5.54 Å². The molecule has 3 nitrogen and oxygen atoms in total. The summed E-state index contributed by atoms with van der Waals surface area (Å²) in [5.41, 5.74) is 6.62. The molecule has 0 aliphatic carbocycles. The van der Waals surface area contributed by atoms with E-state index in [2.05, 4.69) is 53.9 Å². The first-order valence-electron chi connectivity index (χ1n) is 7.53. The molecule has 19 heavy (non-hydrogen) atoms. The van der Waals surface area contributed by atoms with Gasteiger partial charge in [0.05, 0.1) is 5.69 Å². The summed E-state index contributed by atoms with van der Waals surface area (Å²) in [6.45, 7) is 6.93. The van der Waals surface area contributed by atoms with Crippen LogP contribution in [0.4, 0.5) is 5.69 Å². The maximum absolute atomic E-state index is 3.67. The zero-order valence-corrected chi connectivity index (χ0v) is 12.1. The fraction of sp³-hybridized carbons (Fsp3) is 0.625. The Kier molecular flexibility index (Phi) is 3.50. The molecule has 0 saturated carbocycles. The molecule has 2 N–H and O–H groups in total. The van der Waals surface area contributed by atoms with E-state index in [0.717, 1.165) is 13.1 Å². The Balaban J connectivity index is 1.80. The standard InChI is InChI=1S/C16H25N3/c1-16(2)10-6-12-19(16)18-15-8-4-3-7-13(15)14-9-5-11-17-14/h3-4,7-8,14,17-18H,5-6,9-12H2,1-2H3. The van der Waals surface area contributed by atoms with Gasteiger partial charge in [0, 0.05) is 18.1 Å². The topological polar surface area (TPSA) is 27.3 Å². The molecule has 2 saturated heterocycles. The monoisotopic (exact) mass is 259 g/mol. The van der Waals surface area contributed by atoms with Crippen LogP contribution in [0.25, 0.3) is 0 Å². The number of rotatable bonds is 3. The molecule has 0 bridgehead atoms. The molecule has 1 aromatic carbocycles. The van der Waals surface area contributed by atoms with E-state index >= 15 is 0 Å². The van der Waals surface area contributed by atoms with Crippen LogP contribution in [0.5, 0.6) is 0 Å². The first-order chi connectivity index (χ1) is 9.17. The van der Waals surface area contributed by atoms with Crippen LogP contribution in [0.3, 0.4) is 0 Å². The van der Waals surface area contributed by atoms with Gasteiger partial charge in [0.25, 0.3) is 0 Å². The molecule has 0 radical (unpaired) electrons. The minimum atomic E-state index is 0.260. The highest BCUT2D eigenvalue weighted by atomic mass is 15.5. The van der Waals surface area contributed by atoms with E-state index in [1.807, 2.05) is 0 Å². The number of nitrogens with zero attached hydrogens (tertiary/aromatic N) is 1. The normalized spacial score (nSPS) is 26.7. The van der Waals surface area contributed by atoms with Gasteiger partial charge >= 0.3 is 0 Å². The molecule has 2 aliphatic rings. The maximum atomic E-state index is 3.67. The number of hydrazine groups is 1. The largest absolute Gasteiger partial charge is 0.318 e. The predicted octanol–water partition coefficient (Wildman–Crippen LogP) is 3.31. The quantitative estimate of drug-likeness (QED) is 0.872. The van der Waals surface area contributed by atoms with Gasteiger partial charge in [-0.25, -0.2) is 5.01 Å². The lowest BCUT2D eigenvalue weighted by Gasteiger charge is -2.33. The van der Waals surface area contributed by atoms with Crippen LogP contribution in [0, 0.1) is 0 Å². The molecule has 1 aromatic rings. The molecule has 2 fully saturated rings. The highest BCUT2D eigenvalue weighted by molar-refractivity contribution is 5.52. The van der Waals surface area contributed by atoms with Gasteiger partial charge in [0.2, 0.25) is 0 Å². The van der Waals surface area contributed by atoms with Crippen molar-refractivity contribution in [2.45, 2.75) is 51.1 Å². The minimum Gasteiger partial charge on any atom is -0.318 e. The van der Waals surface area contributed by atoms with E-state index in [9.17, 15) is 0 Å². The predicted molar refractivity (Wildman–Crippen MR) is 80.1 cm³/mol. The van der Waals surface area contributed by atoms with Crippen LogP contribution < -0.4 is 10.7 Å². The van der Waals surface area contributed by atoms with Gasteiger partial charge < -0.3 is 10.7 Å². The maximum Gasteiger partial charge on any atom is 0.0538 e. The van der Waals surface area contributed by atoms with Crippen molar-refractivity contribution in [2.24, 2.45) is 0 Å². The average molecular weight is 259 g/mol. The van der Waals surface area contributed by atoms with E-state index in [0.29, 0.717) is 6.04 Å². The first-order valence-corrected chi connectivity index (χ1v) is 7.53. The molecule has 3 rings (SSSR count). The summed E-state index contributed by atoms with van der Waals surface area (Å²) in [6.07, 6.45) is 5.09. The average Bonchev–Trinajstić information content (AvgIpc) is 3.01. The third-order valence-corrected chi connectivity index (χ3v) is 4.55. The Morgan fingerprint density at radius 3 is 2.79 bits per heavy atom. The molecular weight excluding hydrogens is 234 g/mol. The van der Waals surface area contributed by atoms with Crippen molar-refractivity contribution in [3.8, 4) is 0 Å². The van der Waals surface area contributed by atoms with Gasteiger partial charge in [0.1, 0.15) is 0 Å². The molecule has 0 aromatic heterocycles. The molecule has 0 amide bonds. The second-order valence-corrected chi connectivity index (χ2v) is 6.42. The number of benzene rings is 1. The van der Waals surface area contributed by atoms with Gasteiger partial charge in [-0.3, -0.25) is 0 Å². The Morgan fingerprint density at radius 1 is 1.26 bits per heavy atom. The molecule has 104 valence electrons. The summed E-state index contributed by atoms with van der Waals surface area (Å²) >= 11 is 0. The lowest BCUT2D eigenvalue weighted by Crippen LogP contribution is -2.42. The molecule has 3 heteroatoms. The van der Waals surface area contributed by atoms with Crippen molar-refractivity contribution >= 4 is 5.69 Å².